The van der Waals surface area contributed by atoms with Gasteiger partial charge < -0.3 is 14.9 Å². The Hall–Kier alpha value is -2.49. The molecule has 0 unspecified atom stereocenters. The summed E-state index contributed by atoms with van der Waals surface area (Å²) in [4.78, 5) is 10.7. The third kappa shape index (κ3) is 4.28. The Labute approximate surface area is 151 Å². The van der Waals surface area contributed by atoms with E-state index < -0.39 is 32.2 Å². The smallest absolute Gasteiger partial charge is 0.341 e. The molecule has 0 aliphatic heterocycles. The second kappa shape index (κ2) is 7.39. The molecule has 2 N–H and O–H groups in total. The van der Waals surface area contributed by atoms with Gasteiger partial charge >= 0.3 is 5.97 Å². The zero-order valence-corrected chi connectivity index (χ0v) is 13.6. The van der Waals surface area contributed by atoms with Crippen LogP contribution in [0.1, 0.15) is 55.7 Å². The molecule has 0 fully saturated rings. The van der Waals surface area contributed by atoms with E-state index in [1.807, 2.05) is 13.8 Å². The predicted octanol–water partition coefficient (Wildman–Crippen LogP) is 4.19. The van der Waals surface area contributed by atoms with Gasteiger partial charge in [0.1, 0.15) is 11.5 Å². The van der Waals surface area contributed by atoms with Crippen molar-refractivity contribution >= 4 is 5.97 Å². The summed E-state index contributed by atoms with van der Waals surface area (Å²) in [5.74, 6) is -2.84. The van der Waals surface area contributed by atoms with Crippen molar-refractivity contribution in [2.24, 2.45) is 0 Å². The molecule has 0 aliphatic rings. The number of aryl methyl sites for hydroxylation is 2. The predicted molar refractivity (Wildman–Crippen MR) is 94.0 cm³/mol. The molecule has 4 heteroatoms. The number of hydrogen-bond donors (Lipinski definition) is 2. The fourth-order valence-corrected chi connectivity index (χ4v) is 2.61. The number of rotatable bonds is 6. The van der Waals surface area contributed by atoms with E-state index in [-0.39, 0.29) is 11.3 Å². The van der Waals surface area contributed by atoms with Gasteiger partial charge in [-0.2, -0.15) is 0 Å². The second-order valence-electron chi connectivity index (χ2n) is 5.72. The van der Waals surface area contributed by atoms with Crippen LogP contribution in [0, 0.1) is 13.8 Å². The maximum absolute atomic E-state index is 10.7. The maximum Gasteiger partial charge on any atom is 0.341 e. The highest BCUT2D eigenvalue weighted by atomic mass is 16.5. The van der Waals surface area contributed by atoms with Crippen LogP contribution in [0.15, 0.2) is 30.3 Å². The quantitative estimate of drug-likeness (QED) is 0.831. The number of phenolic OH excluding ortho intramolecular Hbond substituents is 1. The molecule has 0 atom stereocenters. The molecule has 0 saturated carbocycles. The van der Waals surface area contributed by atoms with Gasteiger partial charge in [-0.05, 0) is 72.2 Å². The van der Waals surface area contributed by atoms with Gasteiger partial charge in [-0.15, -0.1) is 0 Å². The number of carboxylic acids is 1. The summed E-state index contributed by atoms with van der Waals surface area (Å²) < 4.78 is 51.0. The van der Waals surface area contributed by atoms with Crippen LogP contribution in [0.5, 0.6) is 11.5 Å². The zero-order valence-electron chi connectivity index (χ0n) is 19.6. The van der Waals surface area contributed by atoms with Crippen LogP contribution in [0.25, 0.3) is 0 Å². The largest absolute Gasteiger partial charge is 0.508 e. The number of aromatic hydroxyl groups is 1. The summed E-state index contributed by atoms with van der Waals surface area (Å²) in [6, 6.07) is 7.76. The number of carboxylic acid groups (broad SMARTS) is 1. The van der Waals surface area contributed by atoms with E-state index in [1.54, 1.807) is 18.2 Å². The minimum Gasteiger partial charge on any atom is -0.508 e. The van der Waals surface area contributed by atoms with Crippen LogP contribution in [-0.2, 0) is 11.2 Å². The standard InChI is InChI=1S/C20H24O4/c1-12(2)17-9-15(5-6-19(17)21)10-18-13(3)7-16(8-14(18)4)24-11-20(22)23/h5-9,12,21H,10-11H2,1-4H3,(H,22,23)/i1D3,2D3. The average Bonchev–Trinajstić information content (AvgIpc) is 2.56. The van der Waals surface area contributed by atoms with Crippen molar-refractivity contribution < 1.29 is 28.0 Å². The minimum atomic E-state index is -2.81. The molecular formula is C20H24O4. The molecule has 0 aliphatic carbocycles. The first kappa shape index (κ1) is 11.1. The highest BCUT2D eigenvalue weighted by molar-refractivity contribution is 5.68. The van der Waals surface area contributed by atoms with Crippen molar-refractivity contribution in [1.82, 2.24) is 0 Å². The number of ether oxygens (including phenoxy) is 1. The molecule has 0 heterocycles. The molecule has 2 aromatic carbocycles. The summed E-state index contributed by atoms with van der Waals surface area (Å²) >= 11 is 0. The summed E-state index contributed by atoms with van der Waals surface area (Å²) in [6.45, 7) is -2.40. The third-order valence-corrected chi connectivity index (χ3v) is 3.82. The molecule has 2 aromatic rings. The Morgan fingerprint density at radius 2 is 1.88 bits per heavy atom. The number of aliphatic carboxylic acids is 1. The van der Waals surface area contributed by atoms with Crippen LogP contribution in [-0.4, -0.2) is 22.8 Å². The van der Waals surface area contributed by atoms with E-state index >= 15 is 0 Å². The lowest BCUT2D eigenvalue weighted by atomic mass is 9.93. The van der Waals surface area contributed by atoms with Gasteiger partial charge in [0, 0.05) is 8.22 Å². The molecule has 0 amide bonds. The lowest BCUT2D eigenvalue weighted by Crippen LogP contribution is -2.10. The minimum absolute atomic E-state index is 0.135. The van der Waals surface area contributed by atoms with Gasteiger partial charge in [0.05, 0.1) is 0 Å². The van der Waals surface area contributed by atoms with Crippen molar-refractivity contribution in [3.05, 3.63) is 58.1 Å². The van der Waals surface area contributed by atoms with Gasteiger partial charge in [0.25, 0.3) is 0 Å². The lowest BCUT2D eigenvalue weighted by Gasteiger charge is -2.15. The van der Waals surface area contributed by atoms with E-state index in [0.717, 1.165) is 16.7 Å². The Morgan fingerprint density at radius 3 is 2.46 bits per heavy atom. The Bertz CT molecular complexity index is 897. The van der Waals surface area contributed by atoms with Crippen molar-refractivity contribution in [2.75, 3.05) is 6.61 Å². The van der Waals surface area contributed by atoms with Gasteiger partial charge in [-0.25, -0.2) is 4.79 Å². The van der Waals surface area contributed by atoms with Crippen molar-refractivity contribution in [1.29, 1.82) is 0 Å². The van der Waals surface area contributed by atoms with Crippen LogP contribution in [0.4, 0.5) is 0 Å². The van der Waals surface area contributed by atoms with Gasteiger partial charge in [0.15, 0.2) is 6.61 Å². The molecular weight excluding hydrogens is 304 g/mol. The second-order valence-corrected chi connectivity index (χ2v) is 5.72. The molecule has 0 aromatic heterocycles. The molecule has 0 spiro atoms. The van der Waals surface area contributed by atoms with Gasteiger partial charge in [-0.1, -0.05) is 25.8 Å². The Morgan fingerprint density at radius 1 is 1.21 bits per heavy atom. The summed E-state index contributed by atoms with van der Waals surface area (Å²) in [5.41, 5.74) is 3.10. The number of carbonyl (C=O) groups is 1. The number of benzene rings is 2. The fraction of sp³-hybridized carbons (Fsp3) is 0.350. The molecule has 0 bridgehead atoms. The van der Waals surface area contributed by atoms with E-state index in [0.29, 0.717) is 17.7 Å². The lowest BCUT2D eigenvalue weighted by molar-refractivity contribution is -0.139. The van der Waals surface area contributed by atoms with Crippen LogP contribution in [0.2, 0.25) is 0 Å². The van der Waals surface area contributed by atoms with Crippen molar-refractivity contribution in [3.63, 3.8) is 0 Å². The topological polar surface area (TPSA) is 66.8 Å². The monoisotopic (exact) mass is 334 g/mol. The highest BCUT2D eigenvalue weighted by Crippen LogP contribution is 2.29. The molecule has 4 nitrogen and oxygen atoms in total. The zero-order chi connectivity index (χ0) is 22.9. The average molecular weight is 334 g/mol. The first-order chi connectivity index (χ1) is 13.7. The highest BCUT2D eigenvalue weighted by Gasteiger charge is 2.11. The van der Waals surface area contributed by atoms with Crippen LogP contribution < -0.4 is 4.74 Å². The fourth-order valence-electron chi connectivity index (χ4n) is 2.61. The summed E-state index contributed by atoms with van der Waals surface area (Å²) in [5, 5.41) is 18.9. The Kier molecular flexibility index (Phi) is 3.43. The molecule has 0 saturated heterocycles. The third-order valence-electron chi connectivity index (χ3n) is 3.82. The summed E-state index contributed by atoms with van der Waals surface area (Å²) in [7, 11) is 0. The van der Waals surface area contributed by atoms with E-state index in [1.165, 1.54) is 12.1 Å². The SMILES string of the molecule is [2H]C([2H])([2H])C(c1cc(Cc2c(C)cc(OCC(=O)O)cc2C)ccc1O)C([2H])([2H])[2H]. The van der Waals surface area contributed by atoms with Crippen molar-refractivity contribution in [3.8, 4) is 11.5 Å². The first-order valence-corrected chi connectivity index (χ1v) is 7.46. The van der Waals surface area contributed by atoms with E-state index in [4.69, 9.17) is 18.1 Å². The number of hydrogen-bond acceptors (Lipinski definition) is 3. The first-order valence-electron chi connectivity index (χ1n) is 10.5. The Balaban J connectivity index is 2.41. The van der Waals surface area contributed by atoms with Crippen LogP contribution >= 0.6 is 0 Å². The number of phenols is 1. The van der Waals surface area contributed by atoms with Gasteiger partial charge in [-0.3, -0.25) is 0 Å². The van der Waals surface area contributed by atoms with Gasteiger partial charge in [0.2, 0.25) is 0 Å². The normalized spacial score (nSPS) is 15.6. The van der Waals surface area contributed by atoms with Crippen molar-refractivity contribution in [2.45, 2.75) is 39.9 Å². The maximum atomic E-state index is 10.7. The van der Waals surface area contributed by atoms with E-state index in [2.05, 4.69) is 0 Å². The molecule has 0 radical (unpaired) electrons. The summed E-state index contributed by atoms with van der Waals surface area (Å²) in [6.07, 6.45) is 0.374. The van der Waals surface area contributed by atoms with E-state index in [9.17, 15) is 9.90 Å². The molecule has 128 valence electrons. The van der Waals surface area contributed by atoms with Crippen LogP contribution in [0.3, 0.4) is 0 Å². The molecule has 24 heavy (non-hydrogen) atoms. The molecule has 2 rings (SSSR count).